The number of phosphoric ester groups is 1. The van der Waals surface area contributed by atoms with Gasteiger partial charge >= 0.3 is 13.8 Å². The second kappa shape index (κ2) is 39.0. The van der Waals surface area contributed by atoms with E-state index in [1.807, 2.05) is 21.1 Å². The van der Waals surface area contributed by atoms with E-state index in [4.69, 9.17) is 18.5 Å². The maximum atomic E-state index is 12.7. The van der Waals surface area contributed by atoms with Crippen molar-refractivity contribution >= 4 is 13.8 Å². The SMILES string of the molecule is CCCCC/C=C/C/C=C/C/C=C/C/C=C/CCCC(=O)O[C@H](COCCCCCCCC/C=C/CCCCCCCC)COP(=O)(O)OCC[N+](C)(C)C. The predicted molar refractivity (Wildman–Crippen MR) is 233 cm³/mol. The van der Waals surface area contributed by atoms with Crippen molar-refractivity contribution in [2.75, 3.05) is 54.1 Å². The van der Waals surface area contributed by atoms with Crippen LogP contribution in [0.4, 0.5) is 0 Å². The van der Waals surface area contributed by atoms with Gasteiger partial charge in [-0.3, -0.25) is 13.8 Å². The van der Waals surface area contributed by atoms with Crippen molar-refractivity contribution in [2.24, 2.45) is 0 Å². The average Bonchev–Trinajstić information content (AvgIpc) is 3.13. The lowest BCUT2D eigenvalue weighted by Gasteiger charge is -2.24. The largest absolute Gasteiger partial charge is 0.472 e. The number of likely N-dealkylation sites (N-methyl/N-ethyl adjacent to an activating group) is 1. The molecule has 0 saturated heterocycles. The van der Waals surface area contributed by atoms with E-state index in [2.05, 4.69) is 74.6 Å². The molecule has 0 aromatic rings. The number of carbonyl (C=O) groups is 1. The minimum absolute atomic E-state index is 0.0751. The van der Waals surface area contributed by atoms with E-state index in [0.717, 1.165) is 38.5 Å². The van der Waals surface area contributed by atoms with Gasteiger partial charge in [-0.15, -0.1) is 0 Å². The molecule has 9 heteroatoms. The van der Waals surface area contributed by atoms with Crippen molar-refractivity contribution in [3.8, 4) is 0 Å². The number of hydrogen-bond donors (Lipinski definition) is 1. The Labute approximate surface area is 339 Å². The molecule has 0 rings (SSSR count). The first-order valence-corrected chi connectivity index (χ1v) is 23.5. The van der Waals surface area contributed by atoms with Crippen LogP contribution < -0.4 is 0 Å². The monoisotopic (exact) mass is 795 g/mol. The normalized spacial score (nSPS) is 14.4. The molecule has 0 spiro atoms. The molecule has 1 unspecified atom stereocenters. The standard InChI is InChI=1S/C46H84NO7P/c1-6-8-10-12-14-16-18-20-22-24-25-27-29-31-33-35-37-39-46(48)54-45(44-53-55(49,50)52-42-40-47(3,4)5)43-51-41-38-36-34-32-30-28-26-23-21-19-17-15-13-11-9-7-2/h14,16,20-23,25,27,31,33,45H,6-13,15,17-19,24,26,28-30,32,34-44H2,1-5H3/p+1/b16-14+,22-20+,23-21+,27-25+,33-31+/t45-/m1/s1. The second-order valence-electron chi connectivity index (χ2n) is 15.7. The van der Waals surface area contributed by atoms with Crippen LogP contribution >= 0.6 is 7.82 Å². The first kappa shape index (κ1) is 53.2. The van der Waals surface area contributed by atoms with Gasteiger partial charge in [0.05, 0.1) is 34.4 Å². The smallest absolute Gasteiger partial charge is 0.457 e. The van der Waals surface area contributed by atoms with E-state index in [-0.39, 0.29) is 32.2 Å². The van der Waals surface area contributed by atoms with Crippen molar-refractivity contribution in [3.05, 3.63) is 60.8 Å². The van der Waals surface area contributed by atoms with Gasteiger partial charge in [0.1, 0.15) is 19.3 Å². The molecule has 0 aliphatic heterocycles. The maximum absolute atomic E-state index is 12.7. The van der Waals surface area contributed by atoms with E-state index in [1.165, 1.54) is 103 Å². The van der Waals surface area contributed by atoms with Crippen molar-refractivity contribution in [2.45, 2.75) is 174 Å². The van der Waals surface area contributed by atoms with Crippen LogP contribution in [0.15, 0.2) is 60.8 Å². The minimum Gasteiger partial charge on any atom is -0.457 e. The van der Waals surface area contributed by atoms with Crippen molar-refractivity contribution < 1.29 is 37.3 Å². The molecule has 2 atom stereocenters. The molecule has 8 nitrogen and oxygen atoms in total. The third-order valence-corrected chi connectivity index (χ3v) is 10.0. The van der Waals surface area contributed by atoms with E-state index < -0.39 is 13.9 Å². The van der Waals surface area contributed by atoms with Gasteiger partial charge in [0, 0.05) is 13.0 Å². The Hall–Kier alpha value is -1.80. The summed E-state index contributed by atoms with van der Waals surface area (Å²) in [6, 6.07) is 0. The van der Waals surface area contributed by atoms with E-state index in [0.29, 0.717) is 24.1 Å². The van der Waals surface area contributed by atoms with Crippen molar-refractivity contribution in [1.29, 1.82) is 0 Å². The molecule has 0 amide bonds. The molecule has 0 heterocycles. The number of rotatable bonds is 40. The first-order chi connectivity index (χ1) is 26.6. The summed E-state index contributed by atoms with van der Waals surface area (Å²) in [5.74, 6) is -0.371. The number of ether oxygens (including phenoxy) is 2. The first-order valence-electron chi connectivity index (χ1n) is 22.0. The summed E-state index contributed by atoms with van der Waals surface area (Å²) >= 11 is 0. The van der Waals surface area contributed by atoms with Gasteiger partial charge in [-0.05, 0) is 77.0 Å². The molecular weight excluding hydrogens is 709 g/mol. The second-order valence-corrected chi connectivity index (χ2v) is 17.2. The summed E-state index contributed by atoms with van der Waals surface area (Å²) in [4.78, 5) is 22.9. The van der Waals surface area contributed by atoms with Gasteiger partial charge in [0.2, 0.25) is 0 Å². The molecule has 0 radical (unpaired) electrons. The third kappa shape index (κ3) is 43.2. The van der Waals surface area contributed by atoms with Gasteiger partial charge in [-0.25, -0.2) is 4.57 Å². The Morgan fingerprint density at radius 1 is 0.564 bits per heavy atom. The van der Waals surface area contributed by atoms with Crippen LogP contribution in [0.5, 0.6) is 0 Å². The Morgan fingerprint density at radius 3 is 1.55 bits per heavy atom. The third-order valence-electron chi connectivity index (χ3n) is 9.05. The van der Waals surface area contributed by atoms with Gasteiger partial charge in [-0.1, -0.05) is 145 Å². The quantitative estimate of drug-likeness (QED) is 0.0217. The van der Waals surface area contributed by atoms with Crippen LogP contribution in [0.25, 0.3) is 0 Å². The highest BCUT2D eigenvalue weighted by atomic mass is 31.2. The van der Waals surface area contributed by atoms with Crippen LogP contribution in [0, 0.1) is 0 Å². The zero-order valence-corrected chi connectivity index (χ0v) is 37.0. The number of quaternary nitrogens is 1. The lowest BCUT2D eigenvalue weighted by molar-refractivity contribution is -0.870. The van der Waals surface area contributed by atoms with Gasteiger partial charge in [-0.2, -0.15) is 0 Å². The fourth-order valence-corrected chi connectivity index (χ4v) is 6.34. The van der Waals surface area contributed by atoms with Gasteiger partial charge in [0.15, 0.2) is 0 Å². The van der Waals surface area contributed by atoms with Crippen LogP contribution in [-0.4, -0.2) is 75.6 Å². The molecule has 0 aromatic carbocycles. The highest BCUT2D eigenvalue weighted by Gasteiger charge is 2.26. The Balaban J connectivity index is 4.36. The van der Waals surface area contributed by atoms with E-state index >= 15 is 0 Å². The fraction of sp³-hybridized carbons (Fsp3) is 0.761. The number of carbonyl (C=O) groups excluding carboxylic acids is 1. The number of hydrogen-bond acceptors (Lipinski definition) is 6. The molecule has 320 valence electrons. The molecule has 0 aliphatic carbocycles. The fourth-order valence-electron chi connectivity index (χ4n) is 5.60. The number of allylic oxidation sites excluding steroid dienone is 10. The number of esters is 1. The zero-order chi connectivity index (χ0) is 40.6. The summed E-state index contributed by atoms with van der Waals surface area (Å²) < 4.78 is 34.9. The summed E-state index contributed by atoms with van der Waals surface area (Å²) in [6.07, 6.45) is 48.3. The lowest BCUT2D eigenvalue weighted by Crippen LogP contribution is -2.37. The summed E-state index contributed by atoms with van der Waals surface area (Å²) in [7, 11) is 1.62. The van der Waals surface area contributed by atoms with Gasteiger partial charge < -0.3 is 18.9 Å². The number of nitrogens with zero attached hydrogens (tertiary/aromatic N) is 1. The van der Waals surface area contributed by atoms with Crippen LogP contribution in [0.2, 0.25) is 0 Å². The van der Waals surface area contributed by atoms with Gasteiger partial charge in [0.25, 0.3) is 0 Å². The minimum atomic E-state index is -4.29. The van der Waals surface area contributed by atoms with Crippen molar-refractivity contribution in [1.82, 2.24) is 0 Å². The number of phosphoric acid groups is 1. The van der Waals surface area contributed by atoms with Crippen molar-refractivity contribution in [3.63, 3.8) is 0 Å². The van der Waals surface area contributed by atoms with Crippen LogP contribution in [0.3, 0.4) is 0 Å². The summed E-state index contributed by atoms with van der Waals surface area (Å²) in [6.45, 7) is 5.49. The number of unbranched alkanes of at least 4 members (excludes halogenated alkanes) is 16. The zero-order valence-electron chi connectivity index (χ0n) is 36.1. The molecular formula is C46H85NO7P+. The Morgan fingerprint density at radius 2 is 1.00 bits per heavy atom. The Kier molecular flexibility index (Phi) is 37.8. The lowest BCUT2D eigenvalue weighted by atomic mass is 10.1. The highest BCUT2D eigenvalue weighted by Crippen LogP contribution is 2.43. The van der Waals surface area contributed by atoms with E-state index in [9.17, 15) is 14.3 Å². The Bertz CT molecular complexity index is 1060. The van der Waals surface area contributed by atoms with E-state index in [1.54, 1.807) is 0 Å². The summed E-state index contributed by atoms with van der Waals surface area (Å²) in [5.41, 5.74) is 0. The highest BCUT2D eigenvalue weighted by molar-refractivity contribution is 7.47. The topological polar surface area (TPSA) is 91.3 Å². The molecule has 55 heavy (non-hydrogen) atoms. The summed E-state index contributed by atoms with van der Waals surface area (Å²) in [5, 5.41) is 0. The predicted octanol–water partition coefficient (Wildman–Crippen LogP) is 12.9. The molecule has 0 aromatic heterocycles. The maximum Gasteiger partial charge on any atom is 0.472 e. The molecule has 0 fully saturated rings. The molecule has 1 N–H and O–H groups in total. The average molecular weight is 795 g/mol. The molecule has 0 bridgehead atoms. The molecule has 0 saturated carbocycles. The molecule has 0 aliphatic rings. The van der Waals surface area contributed by atoms with Crippen LogP contribution in [0.1, 0.15) is 168 Å². The van der Waals surface area contributed by atoms with Crippen LogP contribution in [-0.2, 0) is 27.9 Å².